The van der Waals surface area contributed by atoms with Crippen molar-refractivity contribution in [2.24, 2.45) is 4.99 Å². The second-order valence-electron chi connectivity index (χ2n) is 6.78. The lowest BCUT2D eigenvalue weighted by Crippen LogP contribution is -2.39. The molecule has 1 aliphatic rings. The standard InChI is InChI=1S/C22H29N3O3/c1-23-22(24-14-17-7-10-20(27-3)13-21(17)28-4)25-12-11-18(15-25)16-5-8-19(26-2)9-6-16/h5-10,13,18H,11-12,14-15H2,1-4H3,(H,23,24). The average molecular weight is 383 g/mol. The van der Waals surface area contributed by atoms with Crippen LogP contribution in [0.5, 0.6) is 17.2 Å². The first-order valence-corrected chi connectivity index (χ1v) is 9.49. The van der Waals surface area contributed by atoms with Crippen LogP contribution in [0, 0.1) is 0 Å². The summed E-state index contributed by atoms with van der Waals surface area (Å²) in [5.41, 5.74) is 2.41. The quantitative estimate of drug-likeness (QED) is 0.613. The van der Waals surface area contributed by atoms with E-state index in [0.717, 1.165) is 48.3 Å². The smallest absolute Gasteiger partial charge is 0.193 e. The minimum absolute atomic E-state index is 0.500. The van der Waals surface area contributed by atoms with Crippen molar-refractivity contribution in [3.8, 4) is 17.2 Å². The van der Waals surface area contributed by atoms with Crippen LogP contribution in [0.2, 0.25) is 0 Å². The molecule has 0 aliphatic carbocycles. The van der Waals surface area contributed by atoms with Crippen LogP contribution in [0.3, 0.4) is 0 Å². The van der Waals surface area contributed by atoms with Crippen molar-refractivity contribution < 1.29 is 14.2 Å². The first-order chi connectivity index (χ1) is 13.7. The molecular weight excluding hydrogens is 354 g/mol. The number of ether oxygens (including phenoxy) is 3. The number of likely N-dealkylation sites (tertiary alicyclic amines) is 1. The van der Waals surface area contributed by atoms with Gasteiger partial charge in [-0.2, -0.15) is 0 Å². The summed E-state index contributed by atoms with van der Waals surface area (Å²) in [6.45, 7) is 2.57. The SMILES string of the molecule is CN=C(NCc1ccc(OC)cc1OC)N1CCC(c2ccc(OC)cc2)C1. The molecule has 1 fully saturated rings. The summed E-state index contributed by atoms with van der Waals surface area (Å²) in [5, 5.41) is 3.47. The van der Waals surface area contributed by atoms with E-state index in [9.17, 15) is 0 Å². The molecule has 1 atom stereocenters. The molecule has 0 bridgehead atoms. The van der Waals surface area contributed by atoms with Gasteiger partial charge in [-0.25, -0.2) is 0 Å². The fourth-order valence-electron chi connectivity index (χ4n) is 3.61. The van der Waals surface area contributed by atoms with Gasteiger partial charge in [0.1, 0.15) is 17.2 Å². The zero-order valence-corrected chi connectivity index (χ0v) is 17.1. The van der Waals surface area contributed by atoms with E-state index in [4.69, 9.17) is 14.2 Å². The summed E-state index contributed by atoms with van der Waals surface area (Å²) in [7, 11) is 6.85. The minimum atomic E-state index is 0.500. The summed E-state index contributed by atoms with van der Waals surface area (Å²) < 4.78 is 16.0. The van der Waals surface area contributed by atoms with Crippen molar-refractivity contribution in [2.45, 2.75) is 18.9 Å². The molecule has 150 valence electrons. The Bertz CT molecular complexity index is 805. The van der Waals surface area contributed by atoms with E-state index in [1.807, 2.05) is 37.4 Å². The van der Waals surface area contributed by atoms with Gasteiger partial charge in [0, 0.05) is 44.2 Å². The van der Waals surface area contributed by atoms with Gasteiger partial charge in [-0.15, -0.1) is 0 Å². The first-order valence-electron chi connectivity index (χ1n) is 9.49. The predicted octanol–water partition coefficient (Wildman–Crippen LogP) is 3.28. The van der Waals surface area contributed by atoms with E-state index < -0.39 is 0 Å². The maximum absolute atomic E-state index is 5.49. The number of hydrogen-bond acceptors (Lipinski definition) is 4. The van der Waals surface area contributed by atoms with E-state index in [2.05, 4.69) is 27.3 Å². The molecular formula is C22H29N3O3. The lowest BCUT2D eigenvalue weighted by atomic mass is 9.98. The van der Waals surface area contributed by atoms with Crippen molar-refractivity contribution in [3.63, 3.8) is 0 Å². The van der Waals surface area contributed by atoms with E-state index >= 15 is 0 Å². The molecule has 0 radical (unpaired) electrons. The monoisotopic (exact) mass is 383 g/mol. The Morgan fingerprint density at radius 3 is 2.39 bits per heavy atom. The van der Waals surface area contributed by atoms with Crippen LogP contribution in [0.15, 0.2) is 47.5 Å². The number of aliphatic imine (C=N–C) groups is 1. The number of benzene rings is 2. The molecule has 0 aromatic heterocycles. The molecule has 6 nitrogen and oxygen atoms in total. The Labute approximate surface area is 167 Å². The van der Waals surface area contributed by atoms with Crippen molar-refractivity contribution in [1.29, 1.82) is 0 Å². The fourth-order valence-corrected chi connectivity index (χ4v) is 3.61. The number of methoxy groups -OCH3 is 3. The topological polar surface area (TPSA) is 55.3 Å². The Kier molecular flexibility index (Phi) is 6.63. The van der Waals surface area contributed by atoms with Gasteiger partial charge in [0.25, 0.3) is 0 Å². The van der Waals surface area contributed by atoms with Crippen LogP contribution in [-0.4, -0.2) is 52.3 Å². The number of hydrogen-bond donors (Lipinski definition) is 1. The van der Waals surface area contributed by atoms with E-state index in [1.165, 1.54) is 5.56 Å². The third-order valence-electron chi connectivity index (χ3n) is 5.22. The highest BCUT2D eigenvalue weighted by atomic mass is 16.5. The van der Waals surface area contributed by atoms with E-state index in [1.54, 1.807) is 21.3 Å². The van der Waals surface area contributed by atoms with Crippen LogP contribution in [-0.2, 0) is 6.54 Å². The zero-order valence-electron chi connectivity index (χ0n) is 17.1. The average Bonchev–Trinajstić information content (AvgIpc) is 3.24. The summed E-state index contributed by atoms with van der Waals surface area (Å²) >= 11 is 0. The predicted molar refractivity (Wildman–Crippen MR) is 112 cm³/mol. The third kappa shape index (κ3) is 4.50. The largest absolute Gasteiger partial charge is 0.497 e. The molecule has 0 spiro atoms. The second kappa shape index (κ2) is 9.35. The number of nitrogens with zero attached hydrogens (tertiary/aromatic N) is 2. The van der Waals surface area contributed by atoms with Crippen LogP contribution >= 0.6 is 0 Å². The summed E-state index contributed by atoms with van der Waals surface area (Å²) in [6, 6.07) is 14.2. The maximum Gasteiger partial charge on any atom is 0.193 e. The normalized spacial score (nSPS) is 16.8. The first kappa shape index (κ1) is 19.9. The second-order valence-corrected chi connectivity index (χ2v) is 6.78. The zero-order chi connectivity index (χ0) is 19.9. The molecule has 1 aliphatic heterocycles. The lowest BCUT2D eigenvalue weighted by Gasteiger charge is -2.22. The molecule has 1 N–H and O–H groups in total. The molecule has 1 heterocycles. The number of rotatable bonds is 6. The molecule has 1 saturated heterocycles. The van der Waals surface area contributed by atoms with Gasteiger partial charge in [0.05, 0.1) is 21.3 Å². The third-order valence-corrected chi connectivity index (χ3v) is 5.22. The van der Waals surface area contributed by atoms with Crippen molar-refractivity contribution in [1.82, 2.24) is 10.2 Å². The summed E-state index contributed by atoms with van der Waals surface area (Å²) in [5.74, 6) is 3.89. The van der Waals surface area contributed by atoms with E-state index in [0.29, 0.717) is 12.5 Å². The van der Waals surface area contributed by atoms with Gasteiger partial charge < -0.3 is 24.4 Å². The number of nitrogens with one attached hydrogen (secondary N) is 1. The molecule has 2 aromatic rings. The molecule has 3 rings (SSSR count). The summed E-state index contributed by atoms with van der Waals surface area (Å²) in [4.78, 5) is 6.79. The number of guanidine groups is 1. The Morgan fingerprint density at radius 2 is 1.75 bits per heavy atom. The van der Waals surface area contributed by atoms with Gasteiger partial charge in [-0.3, -0.25) is 4.99 Å². The van der Waals surface area contributed by atoms with Crippen LogP contribution in [0.25, 0.3) is 0 Å². The van der Waals surface area contributed by atoms with Gasteiger partial charge in [0.2, 0.25) is 0 Å². The highest BCUT2D eigenvalue weighted by Crippen LogP contribution is 2.29. The molecule has 0 saturated carbocycles. The van der Waals surface area contributed by atoms with Crippen LogP contribution < -0.4 is 19.5 Å². The van der Waals surface area contributed by atoms with Crippen LogP contribution in [0.1, 0.15) is 23.5 Å². The summed E-state index contributed by atoms with van der Waals surface area (Å²) in [6.07, 6.45) is 1.11. The van der Waals surface area contributed by atoms with Gasteiger partial charge >= 0.3 is 0 Å². The van der Waals surface area contributed by atoms with Crippen molar-refractivity contribution >= 4 is 5.96 Å². The highest BCUT2D eigenvalue weighted by molar-refractivity contribution is 5.80. The Balaban J connectivity index is 1.61. The molecule has 0 amide bonds. The van der Waals surface area contributed by atoms with Gasteiger partial charge in [-0.05, 0) is 36.2 Å². The minimum Gasteiger partial charge on any atom is -0.497 e. The highest BCUT2D eigenvalue weighted by Gasteiger charge is 2.26. The molecule has 28 heavy (non-hydrogen) atoms. The van der Waals surface area contributed by atoms with Gasteiger partial charge in [-0.1, -0.05) is 12.1 Å². The van der Waals surface area contributed by atoms with Crippen LogP contribution in [0.4, 0.5) is 0 Å². The maximum atomic E-state index is 5.49. The molecule has 2 aromatic carbocycles. The van der Waals surface area contributed by atoms with E-state index in [-0.39, 0.29) is 0 Å². The van der Waals surface area contributed by atoms with Crippen molar-refractivity contribution in [2.75, 3.05) is 41.5 Å². The molecule has 6 heteroatoms. The van der Waals surface area contributed by atoms with Gasteiger partial charge in [0.15, 0.2) is 5.96 Å². The van der Waals surface area contributed by atoms with Crippen molar-refractivity contribution in [3.05, 3.63) is 53.6 Å². The Morgan fingerprint density at radius 1 is 1.04 bits per heavy atom. The Hall–Kier alpha value is -2.89. The lowest BCUT2D eigenvalue weighted by molar-refractivity contribution is 0.390. The fraction of sp³-hybridized carbons (Fsp3) is 0.409. The molecule has 1 unspecified atom stereocenters.